The molecule has 15 heavy (non-hydrogen) atoms. The number of rotatable bonds is 6. The maximum atomic E-state index is 3.33. The second-order valence-corrected chi connectivity index (χ2v) is 5.49. The fraction of sp³-hybridized carbons (Fsp3) is 1.00. The van der Waals surface area contributed by atoms with Gasteiger partial charge in [-0.1, -0.05) is 27.2 Å². The van der Waals surface area contributed by atoms with Crippen LogP contribution in [0, 0.1) is 11.3 Å². The Bertz CT molecular complexity index is 181. The molecule has 1 aliphatic heterocycles. The Morgan fingerprint density at radius 3 is 2.60 bits per heavy atom. The average Bonchev–Trinajstić information content (AvgIpc) is 2.66. The highest BCUT2D eigenvalue weighted by Gasteiger charge is 2.28. The molecule has 0 aromatic carbocycles. The van der Waals surface area contributed by atoms with Crippen molar-refractivity contribution in [3.05, 3.63) is 0 Å². The van der Waals surface area contributed by atoms with Crippen LogP contribution < -0.4 is 5.32 Å². The molecule has 2 atom stereocenters. The SMILES string of the molecule is CCC1CCN(CC(C)(CC)CNC)C1. The standard InChI is InChI=1S/C13H28N2/c1-5-12-7-8-15(9-12)11-13(3,6-2)10-14-4/h12,14H,5-11H2,1-4H3. The summed E-state index contributed by atoms with van der Waals surface area (Å²) < 4.78 is 0. The van der Waals surface area contributed by atoms with Crippen molar-refractivity contribution in [1.29, 1.82) is 0 Å². The van der Waals surface area contributed by atoms with Crippen molar-refractivity contribution in [1.82, 2.24) is 10.2 Å². The second-order valence-electron chi connectivity index (χ2n) is 5.49. The molecule has 0 aromatic heterocycles. The van der Waals surface area contributed by atoms with Crippen LogP contribution in [0.1, 0.15) is 40.0 Å². The van der Waals surface area contributed by atoms with Gasteiger partial charge in [-0.3, -0.25) is 0 Å². The van der Waals surface area contributed by atoms with E-state index in [9.17, 15) is 0 Å². The van der Waals surface area contributed by atoms with E-state index in [0.29, 0.717) is 5.41 Å². The van der Waals surface area contributed by atoms with Crippen molar-refractivity contribution in [3.63, 3.8) is 0 Å². The van der Waals surface area contributed by atoms with Gasteiger partial charge in [0.15, 0.2) is 0 Å². The smallest absolute Gasteiger partial charge is 0.00475 e. The fourth-order valence-electron chi connectivity index (χ4n) is 2.65. The Hall–Kier alpha value is -0.0800. The first kappa shape index (κ1) is 13.0. The van der Waals surface area contributed by atoms with Crippen LogP contribution in [-0.4, -0.2) is 38.1 Å². The Balaban J connectivity index is 2.39. The zero-order valence-corrected chi connectivity index (χ0v) is 11.0. The van der Waals surface area contributed by atoms with Gasteiger partial charge in [0.1, 0.15) is 0 Å². The normalized spacial score (nSPS) is 26.8. The van der Waals surface area contributed by atoms with Gasteiger partial charge in [-0.15, -0.1) is 0 Å². The molecule has 0 bridgehead atoms. The van der Waals surface area contributed by atoms with Crippen LogP contribution in [0.5, 0.6) is 0 Å². The molecule has 1 heterocycles. The van der Waals surface area contributed by atoms with Gasteiger partial charge in [-0.25, -0.2) is 0 Å². The molecular weight excluding hydrogens is 184 g/mol. The third kappa shape index (κ3) is 3.76. The highest BCUT2D eigenvalue weighted by Crippen LogP contribution is 2.26. The molecule has 2 nitrogen and oxygen atoms in total. The summed E-state index contributed by atoms with van der Waals surface area (Å²) in [4.78, 5) is 2.66. The number of likely N-dealkylation sites (tertiary alicyclic amines) is 1. The minimum atomic E-state index is 0.456. The van der Waals surface area contributed by atoms with E-state index >= 15 is 0 Å². The molecular formula is C13H28N2. The number of hydrogen-bond acceptors (Lipinski definition) is 2. The molecule has 0 radical (unpaired) electrons. The van der Waals surface area contributed by atoms with E-state index in [1.165, 1.54) is 38.9 Å². The topological polar surface area (TPSA) is 15.3 Å². The minimum absolute atomic E-state index is 0.456. The first-order valence-corrected chi connectivity index (χ1v) is 6.50. The highest BCUT2D eigenvalue weighted by atomic mass is 15.2. The minimum Gasteiger partial charge on any atom is -0.319 e. The summed E-state index contributed by atoms with van der Waals surface area (Å²) in [7, 11) is 2.06. The van der Waals surface area contributed by atoms with E-state index in [0.717, 1.165) is 12.5 Å². The molecule has 0 aliphatic carbocycles. The summed E-state index contributed by atoms with van der Waals surface area (Å²) in [5.74, 6) is 0.959. The molecule has 1 aliphatic rings. The zero-order chi connectivity index (χ0) is 11.3. The summed E-state index contributed by atoms with van der Waals surface area (Å²) in [6.45, 7) is 12.1. The first-order chi connectivity index (χ1) is 7.13. The van der Waals surface area contributed by atoms with Gasteiger partial charge in [0.05, 0.1) is 0 Å². The van der Waals surface area contributed by atoms with Crippen LogP contribution >= 0.6 is 0 Å². The van der Waals surface area contributed by atoms with Crippen LogP contribution in [0.2, 0.25) is 0 Å². The van der Waals surface area contributed by atoms with E-state index < -0.39 is 0 Å². The lowest BCUT2D eigenvalue weighted by atomic mass is 9.87. The fourth-order valence-corrected chi connectivity index (χ4v) is 2.65. The lowest BCUT2D eigenvalue weighted by molar-refractivity contribution is 0.178. The van der Waals surface area contributed by atoms with Gasteiger partial charge in [0.2, 0.25) is 0 Å². The van der Waals surface area contributed by atoms with E-state index in [1.807, 2.05) is 0 Å². The van der Waals surface area contributed by atoms with E-state index in [-0.39, 0.29) is 0 Å². The van der Waals surface area contributed by atoms with E-state index in [4.69, 9.17) is 0 Å². The maximum Gasteiger partial charge on any atom is 0.00475 e. The largest absolute Gasteiger partial charge is 0.319 e. The lowest BCUT2D eigenvalue weighted by Gasteiger charge is -2.33. The molecule has 0 amide bonds. The molecule has 0 aromatic rings. The monoisotopic (exact) mass is 212 g/mol. The molecule has 1 fully saturated rings. The predicted molar refractivity (Wildman–Crippen MR) is 67.2 cm³/mol. The molecule has 0 spiro atoms. The maximum absolute atomic E-state index is 3.33. The van der Waals surface area contributed by atoms with Crippen LogP contribution in [0.15, 0.2) is 0 Å². The van der Waals surface area contributed by atoms with Crippen molar-refractivity contribution < 1.29 is 0 Å². The summed E-state index contributed by atoms with van der Waals surface area (Å²) >= 11 is 0. The van der Waals surface area contributed by atoms with E-state index in [1.54, 1.807) is 0 Å². The molecule has 90 valence electrons. The third-order valence-corrected chi connectivity index (χ3v) is 4.01. The summed E-state index contributed by atoms with van der Waals surface area (Å²) in [6, 6.07) is 0. The quantitative estimate of drug-likeness (QED) is 0.727. The Morgan fingerprint density at radius 2 is 2.13 bits per heavy atom. The number of nitrogens with zero attached hydrogens (tertiary/aromatic N) is 1. The van der Waals surface area contributed by atoms with Gasteiger partial charge in [-0.2, -0.15) is 0 Å². The number of nitrogens with one attached hydrogen (secondary N) is 1. The highest BCUT2D eigenvalue weighted by molar-refractivity contribution is 4.83. The molecule has 1 rings (SSSR count). The van der Waals surface area contributed by atoms with E-state index in [2.05, 4.69) is 38.0 Å². The van der Waals surface area contributed by atoms with Crippen molar-refractivity contribution in [2.45, 2.75) is 40.0 Å². The summed E-state index contributed by atoms with van der Waals surface area (Å²) in [5.41, 5.74) is 0.456. The van der Waals surface area contributed by atoms with Gasteiger partial charge in [0, 0.05) is 19.6 Å². The van der Waals surface area contributed by atoms with Gasteiger partial charge in [0.25, 0.3) is 0 Å². The van der Waals surface area contributed by atoms with Gasteiger partial charge < -0.3 is 10.2 Å². The summed E-state index contributed by atoms with van der Waals surface area (Å²) in [6.07, 6.45) is 4.03. The molecule has 0 saturated carbocycles. The second kappa shape index (κ2) is 5.86. The van der Waals surface area contributed by atoms with Crippen molar-refractivity contribution in [2.75, 3.05) is 33.2 Å². The van der Waals surface area contributed by atoms with Crippen LogP contribution in [-0.2, 0) is 0 Å². The van der Waals surface area contributed by atoms with Crippen LogP contribution in [0.25, 0.3) is 0 Å². The van der Waals surface area contributed by atoms with Crippen molar-refractivity contribution in [2.24, 2.45) is 11.3 Å². The average molecular weight is 212 g/mol. The van der Waals surface area contributed by atoms with Gasteiger partial charge in [-0.05, 0) is 37.8 Å². The third-order valence-electron chi connectivity index (χ3n) is 4.01. The number of hydrogen-bond donors (Lipinski definition) is 1. The Labute approximate surface area is 95.4 Å². The zero-order valence-electron chi connectivity index (χ0n) is 11.0. The van der Waals surface area contributed by atoms with Crippen molar-refractivity contribution in [3.8, 4) is 0 Å². The Kier molecular flexibility index (Phi) is 5.07. The molecule has 1 N–H and O–H groups in total. The van der Waals surface area contributed by atoms with Crippen LogP contribution in [0.4, 0.5) is 0 Å². The first-order valence-electron chi connectivity index (χ1n) is 6.50. The predicted octanol–water partition coefficient (Wildman–Crippen LogP) is 2.35. The summed E-state index contributed by atoms with van der Waals surface area (Å²) in [5, 5.41) is 3.33. The lowest BCUT2D eigenvalue weighted by Crippen LogP contribution is -2.40. The molecule has 2 unspecified atom stereocenters. The van der Waals surface area contributed by atoms with Gasteiger partial charge >= 0.3 is 0 Å². The van der Waals surface area contributed by atoms with Crippen LogP contribution in [0.3, 0.4) is 0 Å². The molecule has 1 saturated heterocycles. The Morgan fingerprint density at radius 1 is 1.40 bits per heavy atom. The van der Waals surface area contributed by atoms with Crippen molar-refractivity contribution >= 4 is 0 Å². The molecule has 2 heteroatoms.